The van der Waals surface area contributed by atoms with Crippen LogP contribution in [-0.2, 0) is 9.59 Å². The monoisotopic (exact) mass is 401 g/mol. The highest BCUT2D eigenvalue weighted by molar-refractivity contribution is 9.12. The molecule has 1 saturated carbocycles. The van der Waals surface area contributed by atoms with Gasteiger partial charge in [0.05, 0.1) is 17.5 Å². The molecule has 1 aliphatic heterocycles. The first-order valence-corrected chi connectivity index (χ1v) is 8.27. The standard InChI is InChI=1S/C14H13Br2NO3/c15-11-5-9-10(6-12(11)16)14(20)17(13(9)19)7-1-3-8(18)4-2-7/h1-4,9-12,18H,5-6H2/t9-,10-,11-,12+/m1/s1. The van der Waals surface area contributed by atoms with Gasteiger partial charge in [0.1, 0.15) is 5.75 Å². The fourth-order valence-electron chi connectivity index (χ4n) is 2.95. The summed E-state index contributed by atoms with van der Waals surface area (Å²) >= 11 is 7.12. The highest BCUT2D eigenvalue weighted by Crippen LogP contribution is 2.44. The van der Waals surface area contributed by atoms with Gasteiger partial charge in [-0.05, 0) is 37.1 Å². The molecular formula is C14H13Br2NO3. The maximum Gasteiger partial charge on any atom is 0.237 e. The highest BCUT2D eigenvalue weighted by Gasteiger charge is 2.52. The smallest absolute Gasteiger partial charge is 0.237 e. The Morgan fingerprint density at radius 3 is 1.85 bits per heavy atom. The zero-order chi connectivity index (χ0) is 14.4. The SMILES string of the molecule is O=C1[C@@H]2C[C@@H](Br)[C@@H](Br)C[C@H]2C(=O)N1c1ccc(O)cc1. The summed E-state index contributed by atoms with van der Waals surface area (Å²) in [6.07, 6.45) is 1.33. The predicted molar refractivity (Wildman–Crippen MR) is 82.2 cm³/mol. The van der Waals surface area contributed by atoms with Gasteiger partial charge in [0.2, 0.25) is 11.8 Å². The Bertz CT molecular complexity index is 532. The summed E-state index contributed by atoms with van der Waals surface area (Å²) in [5, 5.41) is 9.31. The van der Waals surface area contributed by atoms with Crippen molar-refractivity contribution < 1.29 is 14.7 Å². The largest absolute Gasteiger partial charge is 0.508 e. The third-order valence-corrected chi connectivity index (χ3v) is 6.75. The Balaban J connectivity index is 1.93. The Kier molecular flexibility index (Phi) is 3.62. The minimum Gasteiger partial charge on any atom is -0.508 e. The van der Waals surface area contributed by atoms with Crippen molar-refractivity contribution in [2.24, 2.45) is 11.8 Å². The van der Waals surface area contributed by atoms with E-state index in [1.807, 2.05) is 0 Å². The average Bonchev–Trinajstić information content (AvgIpc) is 2.65. The van der Waals surface area contributed by atoms with E-state index in [1.54, 1.807) is 12.1 Å². The number of phenolic OH excluding ortho intramolecular Hbond substituents is 1. The first kappa shape index (κ1) is 14.1. The van der Waals surface area contributed by atoms with Crippen molar-refractivity contribution in [3.63, 3.8) is 0 Å². The summed E-state index contributed by atoms with van der Waals surface area (Å²) in [4.78, 5) is 26.7. The molecule has 1 aliphatic carbocycles. The average molecular weight is 403 g/mol. The van der Waals surface area contributed by atoms with Gasteiger partial charge in [-0.15, -0.1) is 0 Å². The molecule has 0 radical (unpaired) electrons. The molecule has 1 heterocycles. The Labute approximate surface area is 133 Å². The number of nitrogens with zero attached hydrogens (tertiary/aromatic N) is 1. The van der Waals surface area contributed by atoms with Gasteiger partial charge < -0.3 is 5.11 Å². The third kappa shape index (κ3) is 2.19. The van der Waals surface area contributed by atoms with Gasteiger partial charge >= 0.3 is 0 Å². The van der Waals surface area contributed by atoms with E-state index in [-0.39, 0.29) is 39.1 Å². The van der Waals surface area contributed by atoms with E-state index in [4.69, 9.17) is 0 Å². The molecule has 2 amide bonds. The van der Waals surface area contributed by atoms with E-state index in [1.165, 1.54) is 17.0 Å². The number of imide groups is 1. The number of aromatic hydroxyl groups is 1. The van der Waals surface area contributed by atoms with Gasteiger partial charge in [-0.25, -0.2) is 0 Å². The molecule has 1 N–H and O–H groups in total. The molecule has 3 rings (SSSR count). The molecule has 1 aromatic carbocycles. The molecule has 20 heavy (non-hydrogen) atoms. The van der Waals surface area contributed by atoms with Gasteiger partial charge in [-0.1, -0.05) is 31.9 Å². The predicted octanol–water partition coefficient (Wildman–Crippen LogP) is 2.82. The van der Waals surface area contributed by atoms with E-state index in [0.717, 1.165) is 0 Å². The minimum atomic E-state index is -0.241. The van der Waals surface area contributed by atoms with Crippen LogP contribution in [0.15, 0.2) is 24.3 Å². The summed E-state index contributed by atoms with van der Waals surface area (Å²) in [6, 6.07) is 6.16. The minimum absolute atomic E-state index is 0.117. The van der Waals surface area contributed by atoms with Crippen molar-refractivity contribution >= 4 is 49.4 Å². The molecule has 4 nitrogen and oxygen atoms in total. The van der Waals surface area contributed by atoms with E-state index >= 15 is 0 Å². The molecular weight excluding hydrogens is 390 g/mol. The van der Waals surface area contributed by atoms with Gasteiger partial charge in [-0.3, -0.25) is 14.5 Å². The van der Waals surface area contributed by atoms with Crippen LogP contribution in [0, 0.1) is 11.8 Å². The number of fused-ring (bicyclic) bond motifs is 1. The topological polar surface area (TPSA) is 57.6 Å². The Morgan fingerprint density at radius 1 is 0.950 bits per heavy atom. The van der Waals surface area contributed by atoms with Gasteiger partial charge in [0, 0.05) is 9.65 Å². The van der Waals surface area contributed by atoms with Crippen LogP contribution in [0.2, 0.25) is 0 Å². The lowest BCUT2D eigenvalue weighted by Gasteiger charge is -2.29. The summed E-state index contributed by atoms with van der Waals surface area (Å²) in [7, 11) is 0. The molecule has 0 bridgehead atoms. The van der Waals surface area contributed by atoms with E-state index in [9.17, 15) is 14.7 Å². The normalized spacial score (nSPS) is 33.4. The van der Waals surface area contributed by atoms with Crippen LogP contribution in [0.1, 0.15) is 12.8 Å². The molecule has 4 atom stereocenters. The molecule has 1 saturated heterocycles. The number of rotatable bonds is 1. The van der Waals surface area contributed by atoms with Crippen LogP contribution in [0.5, 0.6) is 5.75 Å². The van der Waals surface area contributed by atoms with Crippen molar-refractivity contribution in [3.8, 4) is 5.75 Å². The molecule has 2 fully saturated rings. The van der Waals surface area contributed by atoms with Crippen molar-refractivity contribution in [2.75, 3.05) is 4.90 Å². The van der Waals surface area contributed by atoms with E-state index in [0.29, 0.717) is 18.5 Å². The second kappa shape index (κ2) is 5.15. The van der Waals surface area contributed by atoms with E-state index < -0.39 is 0 Å². The van der Waals surface area contributed by atoms with Crippen LogP contribution in [0.25, 0.3) is 0 Å². The maximum absolute atomic E-state index is 12.5. The number of phenols is 1. The van der Waals surface area contributed by atoms with E-state index in [2.05, 4.69) is 31.9 Å². The van der Waals surface area contributed by atoms with Gasteiger partial charge in [-0.2, -0.15) is 0 Å². The van der Waals surface area contributed by atoms with Crippen LogP contribution in [0.4, 0.5) is 5.69 Å². The second-order valence-electron chi connectivity index (χ2n) is 5.24. The highest BCUT2D eigenvalue weighted by atomic mass is 79.9. The number of alkyl halides is 2. The molecule has 106 valence electrons. The van der Waals surface area contributed by atoms with Crippen LogP contribution in [-0.4, -0.2) is 26.6 Å². The van der Waals surface area contributed by atoms with Crippen molar-refractivity contribution in [1.29, 1.82) is 0 Å². The summed E-state index contributed by atoms with van der Waals surface area (Å²) in [5.41, 5.74) is 0.532. The number of anilines is 1. The third-order valence-electron chi connectivity index (χ3n) is 4.02. The number of amides is 2. The first-order valence-electron chi connectivity index (χ1n) is 6.44. The number of carbonyl (C=O) groups excluding carboxylic acids is 2. The lowest BCUT2D eigenvalue weighted by Crippen LogP contribution is -2.34. The van der Waals surface area contributed by atoms with Gasteiger partial charge in [0.15, 0.2) is 0 Å². The van der Waals surface area contributed by atoms with Gasteiger partial charge in [0.25, 0.3) is 0 Å². The van der Waals surface area contributed by atoms with Crippen LogP contribution < -0.4 is 4.90 Å². The lowest BCUT2D eigenvalue weighted by molar-refractivity contribution is -0.122. The fraction of sp³-hybridized carbons (Fsp3) is 0.429. The quantitative estimate of drug-likeness (QED) is 0.580. The van der Waals surface area contributed by atoms with Crippen molar-refractivity contribution in [3.05, 3.63) is 24.3 Å². The zero-order valence-electron chi connectivity index (χ0n) is 10.5. The summed E-state index contributed by atoms with van der Waals surface area (Å²) in [6.45, 7) is 0. The lowest BCUT2D eigenvalue weighted by atomic mass is 9.81. The number of halogens is 2. The zero-order valence-corrected chi connectivity index (χ0v) is 13.7. The number of hydrogen-bond acceptors (Lipinski definition) is 3. The Morgan fingerprint density at radius 2 is 1.40 bits per heavy atom. The number of benzene rings is 1. The second-order valence-corrected chi connectivity index (χ2v) is 7.60. The van der Waals surface area contributed by atoms with Crippen LogP contribution in [0.3, 0.4) is 0 Å². The number of hydrogen-bond donors (Lipinski definition) is 1. The number of carbonyl (C=O) groups is 2. The van der Waals surface area contributed by atoms with Crippen LogP contribution >= 0.6 is 31.9 Å². The molecule has 0 unspecified atom stereocenters. The molecule has 0 aromatic heterocycles. The molecule has 2 aliphatic rings. The summed E-state index contributed by atoms with van der Waals surface area (Å²) in [5.74, 6) is -0.626. The van der Waals surface area contributed by atoms with Crippen molar-refractivity contribution in [1.82, 2.24) is 0 Å². The summed E-state index contributed by atoms with van der Waals surface area (Å²) < 4.78 is 0. The van der Waals surface area contributed by atoms with Crippen molar-refractivity contribution in [2.45, 2.75) is 22.5 Å². The molecule has 0 spiro atoms. The first-order chi connectivity index (χ1) is 9.49. The molecule has 1 aromatic rings. The maximum atomic E-state index is 12.5. The molecule has 6 heteroatoms. The Hall–Kier alpha value is -0.880. The fourth-order valence-corrected chi connectivity index (χ4v) is 4.19.